The summed E-state index contributed by atoms with van der Waals surface area (Å²) in [4.78, 5) is 17.1. The summed E-state index contributed by atoms with van der Waals surface area (Å²) in [5, 5.41) is 0. The third-order valence-corrected chi connectivity index (χ3v) is 1.95. The Morgan fingerprint density at radius 3 is 2.54 bits per heavy atom. The van der Waals surface area contributed by atoms with Crippen molar-refractivity contribution in [2.45, 2.75) is 6.92 Å². The van der Waals surface area contributed by atoms with Gasteiger partial charge in [0.05, 0.1) is 0 Å². The van der Waals surface area contributed by atoms with Crippen molar-refractivity contribution in [2.24, 2.45) is 0 Å². The molecule has 4 nitrogen and oxygen atoms in total. The molecule has 0 saturated carbocycles. The molecule has 0 aliphatic heterocycles. The van der Waals surface area contributed by atoms with Crippen molar-refractivity contribution in [3.05, 3.63) is 29.8 Å². The Labute approximate surface area is 76.3 Å². The van der Waals surface area contributed by atoms with Gasteiger partial charge < -0.3 is 14.5 Å². The first-order valence-corrected chi connectivity index (χ1v) is 5.52. The van der Waals surface area contributed by atoms with Crippen molar-refractivity contribution < 1.29 is 19.1 Å². The second-order valence-corrected chi connectivity index (χ2v) is 4.29. The van der Waals surface area contributed by atoms with E-state index >= 15 is 0 Å². The molecule has 0 aliphatic rings. The van der Waals surface area contributed by atoms with Gasteiger partial charge in [-0.3, -0.25) is 4.57 Å². The van der Waals surface area contributed by atoms with Crippen molar-refractivity contribution in [1.82, 2.24) is 0 Å². The molecule has 13 heavy (non-hydrogen) atoms. The predicted molar refractivity (Wildman–Crippen MR) is 48.7 cm³/mol. The first kappa shape index (κ1) is 10.3. The van der Waals surface area contributed by atoms with Gasteiger partial charge in [-0.1, -0.05) is 18.2 Å². The Morgan fingerprint density at radius 2 is 2.00 bits per heavy atom. The number of benzene rings is 1. The molecule has 1 aromatic carbocycles. The molecule has 0 atom stereocenters. The largest absolute Gasteiger partial charge is 0.481 e. The monoisotopic (exact) mass is 202 g/mol. The van der Waals surface area contributed by atoms with Gasteiger partial charge in [-0.2, -0.15) is 0 Å². The van der Waals surface area contributed by atoms with Gasteiger partial charge in [0.25, 0.3) is 0 Å². The molecular formula is C8H11O4P. The third-order valence-electron chi connectivity index (χ3n) is 1.48. The summed E-state index contributed by atoms with van der Waals surface area (Å²) in [5.74, 6) is 0.505. The highest BCUT2D eigenvalue weighted by Crippen LogP contribution is 2.34. The number of rotatable bonds is 3. The van der Waals surface area contributed by atoms with Crippen LogP contribution < -0.4 is 4.74 Å². The van der Waals surface area contributed by atoms with Gasteiger partial charge in [0.2, 0.25) is 0 Å². The molecule has 72 valence electrons. The maximum atomic E-state index is 10.5. The van der Waals surface area contributed by atoms with Crippen LogP contribution in [-0.4, -0.2) is 16.1 Å². The van der Waals surface area contributed by atoms with Gasteiger partial charge in [0.15, 0.2) is 6.35 Å². The predicted octanol–water partition coefficient (Wildman–Crippen LogP) is 1.51. The molecule has 0 radical (unpaired) electrons. The van der Waals surface area contributed by atoms with Crippen LogP contribution in [-0.2, 0) is 4.57 Å². The van der Waals surface area contributed by atoms with Crippen molar-refractivity contribution in [3.8, 4) is 5.75 Å². The van der Waals surface area contributed by atoms with E-state index < -0.39 is 13.9 Å². The normalized spacial score (nSPS) is 11.3. The highest BCUT2D eigenvalue weighted by molar-refractivity contribution is 7.51. The van der Waals surface area contributed by atoms with Crippen LogP contribution in [0.5, 0.6) is 5.75 Å². The van der Waals surface area contributed by atoms with E-state index in [0.29, 0.717) is 5.75 Å². The molecule has 1 rings (SSSR count). The molecule has 5 heteroatoms. The summed E-state index contributed by atoms with van der Waals surface area (Å²) in [7, 11) is -4.07. The van der Waals surface area contributed by atoms with Crippen LogP contribution >= 0.6 is 7.60 Å². The highest BCUT2D eigenvalue weighted by Gasteiger charge is 2.13. The van der Waals surface area contributed by atoms with Crippen LogP contribution in [0.2, 0.25) is 0 Å². The summed E-state index contributed by atoms with van der Waals surface area (Å²) in [6.07, 6.45) is -0.572. The van der Waals surface area contributed by atoms with Crippen molar-refractivity contribution in [2.75, 3.05) is 6.35 Å². The molecule has 0 aromatic heterocycles. The Hall–Kier alpha value is -0.830. The Bertz CT molecular complexity index is 331. The first-order chi connectivity index (χ1) is 5.99. The molecule has 0 spiro atoms. The minimum Gasteiger partial charge on any atom is -0.481 e. The molecule has 0 fully saturated rings. The lowest BCUT2D eigenvalue weighted by Gasteiger charge is -2.08. The summed E-state index contributed by atoms with van der Waals surface area (Å²) < 4.78 is 15.4. The average Bonchev–Trinajstić information content (AvgIpc) is 2.01. The van der Waals surface area contributed by atoms with E-state index in [1.54, 1.807) is 12.1 Å². The molecule has 0 amide bonds. The molecule has 1 aromatic rings. The van der Waals surface area contributed by atoms with Gasteiger partial charge in [-0.25, -0.2) is 0 Å². The first-order valence-electron chi connectivity index (χ1n) is 3.72. The molecule has 0 saturated heterocycles. The zero-order valence-electron chi connectivity index (χ0n) is 7.17. The van der Waals surface area contributed by atoms with Crippen LogP contribution in [0.25, 0.3) is 0 Å². The van der Waals surface area contributed by atoms with Crippen molar-refractivity contribution in [3.63, 3.8) is 0 Å². The van der Waals surface area contributed by atoms with Gasteiger partial charge in [-0.15, -0.1) is 0 Å². The molecule has 0 aliphatic carbocycles. The Kier molecular flexibility index (Phi) is 3.09. The van der Waals surface area contributed by atoms with E-state index in [9.17, 15) is 4.57 Å². The number of para-hydroxylation sites is 1. The maximum absolute atomic E-state index is 10.5. The maximum Gasteiger partial charge on any atom is 0.362 e. The third kappa shape index (κ3) is 3.59. The number of hydrogen-bond donors (Lipinski definition) is 2. The van der Waals surface area contributed by atoms with Crippen LogP contribution in [0.15, 0.2) is 24.3 Å². The summed E-state index contributed by atoms with van der Waals surface area (Å²) in [6, 6.07) is 7.07. The van der Waals surface area contributed by atoms with Gasteiger partial charge in [0, 0.05) is 0 Å². The van der Waals surface area contributed by atoms with Crippen LogP contribution in [0, 0.1) is 6.92 Å². The van der Waals surface area contributed by atoms with Crippen molar-refractivity contribution in [1.29, 1.82) is 0 Å². The zero-order valence-corrected chi connectivity index (χ0v) is 8.07. The van der Waals surface area contributed by atoms with E-state index in [0.717, 1.165) is 5.56 Å². The quantitative estimate of drug-likeness (QED) is 0.729. The second kappa shape index (κ2) is 3.92. The number of ether oxygens (including phenoxy) is 1. The standard InChI is InChI=1S/C8H11O4P/c1-7-4-2-3-5-8(7)12-6-13(9,10)11/h2-5H,6H2,1H3,(H2,9,10,11). The lowest BCUT2D eigenvalue weighted by Crippen LogP contribution is -1.98. The summed E-state index contributed by atoms with van der Waals surface area (Å²) in [6.45, 7) is 1.81. The molecule has 0 bridgehead atoms. The van der Waals surface area contributed by atoms with Crippen molar-refractivity contribution >= 4 is 7.60 Å². The molecular weight excluding hydrogens is 191 g/mol. The molecule has 0 unspecified atom stereocenters. The van der Waals surface area contributed by atoms with Gasteiger partial charge in [-0.05, 0) is 18.6 Å². The van der Waals surface area contributed by atoms with Gasteiger partial charge in [0.1, 0.15) is 5.75 Å². The molecule has 2 N–H and O–H groups in total. The van der Waals surface area contributed by atoms with E-state index in [1.165, 1.54) is 0 Å². The minimum absolute atomic E-state index is 0.505. The van der Waals surface area contributed by atoms with Gasteiger partial charge >= 0.3 is 7.60 Å². The average molecular weight is 202 g/mol. The highest BCUT2D eigenvalue weighted by atomic mass is 31.2. The summed E-state index contributed by atoms with van der Waals surface area (Å²) >= 11 is 0. The fourth-order valence-corrected chi connectivity index (χ4v) is 1.18. The minimum atomic E-state index is -4.07. The van der Waals surface area contributed by atoms with E-state index in [1.807, 2.05) is 19.1 Å². The summed E-state index contributed by atoms with van der Waals surface area (Å²) in [5.41, 5.74) is 0.857. The number of aryl methyl sites for hydroxylation is 1. The van der Waals surface area contributed by atoms with E-state index in [-0.39, 0.29) is 0 Å². The Morgan fingerprint density at radius 1 is 1.38 bits per heavy atom. The van der Waals surface area contributed by atoms with E-state index in [2.05, 4.69) is 0 Å². The Balaban J connectivity index is 2.65. The van der Waals surface area contributed by atoms with E-state index in [4.69, 9.17) is 14.5 Å². The van der Waals surface area contributed by atoms with Crippen LogP contribution in [0.3, 0.4) is 0 Å². The topological polar surface area (TPSA) is 66.8 Å². The SMILES string of the molecule is Cc1ccccc1OCP(=O)(O)O. The fourth-order valence-electron chi connectivity index (χ4n) is 0.872. The van der Waals surface area contributed by atoms with Crippen LogP contribution in [0.1, 0.15) is 5.56 Å². The van der Waals surface area contributed by atoms with Crippen LogP contribution in [0.4, 0.5) is 0 Å². The zero-order chi connectivity index (χ0) is 9.90. The number of hydrogen-bond acceptors (Lipinski definition) is 2. The lowest BCUT2D eigenvalue weighted by atomic mass is 10.2. The fraction of sp³-hybridized carbons (Fsp3) is 0.250. The molecule has 0 heterocycles. The smallest absolute Gasteiger partial charge is 0.362 e. The second-order valence-electron chi connectivity index (χ2n) is 2.70. The lowest BCUT2D eigenvalue weighted by molar-refractivity contribution is 0.299.